The van der Waals surface area contributed by atoms with Crippen molar-refractivity contribution >= 4 is 133 Å². The van der Waals surface area contributed by atoms with Crippen molar-refractivity contribution in [3.8, 4) is 0 Å². The summed E-state index contributed by atoms with van der Waals surface area (Å²) in [7, 11) is 0. The number of carbonyl (C=O) groups excluding carboxylic acids is 8. The van der Waals surface area contributed by atoms with E-state index in [1.165, 1.54) is 63.3 Å². The van der Waals surface area contributed by atoms with Crippen molar-refractivity contribution in [1.82, 2.24) is 58.6 Å². The van der Waals surface area contributed by atoms with Gasteiger partial charge in [-0.25, -0.2) is 52.1 Å². The maximum Gasteiger partial charge on any atom is 0.416 e. The first-order valence-corrected chi connectivity index (χ1v) is 45.1. The van der Waals surface area contributed by atoms with Gasteiger partial charge in [0.1, 0.15) is 23.4 Å². The van der Waals surface area contributed by atoms with Crippen molar-refractivity contribution < 1.29 is 109 Å². The highest BCUT2D eigenvalue weighted by Gasteiger charge is 2.54. The zero-order valence-corrected chi connectivity index (χ0v) is 79.5. The van der Waals surface area contributed by atoms with Crippen LogP contribution in [-0.2, 0) is 113 Å². The highest BCUT2D eigenvalue weighted by Crippen LogP contribution is 2.44. The molecule has 3 aliphatic rings. The van der Waals surface area contributed by atoms with E-state index in [0.29, 0.717) is 29.0 Å². The number of nitrogens with one attached hydrogen (secondary N) is 1. The Balaban J connectivity index is 0.000000184. The monoisotopic (exact) mass is 1940 g/mol. The van der Waals surface area contributed by atoms with Crippen LogP contribution in [0.25, 0.3) is 33.5 Å². The number of carbonyl (C=O) groups is 8. The Bertz CT molecular complexity index is 6000. The molecular weight excluding hydrogens is 1830 g/mol. The molecule has 0 bridgehead atoms. The Morgan fingerprint density at radius 3 is 1.19 bits per heavy atom. The average molecular weight is 1940 g/mol. The van der Waals surface area contributed by atoms with E-state index in [1.807, 2.05) is 97.1 Å². The highest BCUT2D eigenvalue weighted by molar-refractivity contribution is 6.29. The predicted octanol–water partition coefficient (Wildman–Crippen LogP) is 15.1. The summed E-state index contributed by atoms with van der Waals surface area (Å²) < 4.78 is 114. The first kappa shape index (κ1) is 103. The lowest BCUT2D eigenvalue weighted by molar-refractivity contribution is -0.183. The number of aliphatic hydroxyl groups excluding tert-OH is 1. The van der Waals surface area contributed by atoms with Crippen LogP contribution in [0.3, 0.4) is 0 Å². The van der Waals surface area contributed by atoms with E-state index < -0.39 is 156 Å². The number of hydrogen-bond acceptors (Lipinski definition) is 30. The number of fused-ring (bicyclic) bond motifs is 3. The van der Waals surface area contributed by atoms with Gasteiger partial charge in [0.15, 0.2) is 105 Å². The van der Waals surface area contributed by atoms with Crippen molar-refractivity contribution in [2.24, 2.45) is 11.8 Å². The number of Topliss-reactive ketones (excluding diaryl/α,β-unsaturated/α-hetero) is 3. The van der Waals surface area contributed by atoms with E-state index in [4.69, 9.17) is 86.9 Å². The van der Waals surface area contributed by atoms with Crippen LogP contribution in [-0.4, -0.2) is 222 Å². The molecule has 11 aromatic rings. The minimum atomic E-state index is -2.02. The number of benzene rings is 5. The van der Waals surface area contributed by atoms with Crippen LogP contribution in [0.15, 0.2) is 171 Å². The first-order chi connectivity index (χ1) is 64.8. The SMILES string of the molecule is CCOC(=O)C(Cc1ccccc1)(OC[C@H]1O[C@@H](n2cnc3c(N(Cc4ccccc4)C(=O)OC(C)(C)C)nc(Cl)nc32)[C@@H](F)[C@@H]1C)C(C)=O.CCOC(=O)C(Cc1ccccc1)(OC[C@H]1O[C@@H](n2cnc3c(NCc4ccccc4)nc(Cl)nc32)[C@@H](F)[C@@H]1O)C(C)=O.CCOC(=O)C(OC[C@H]1O[C@@H](n2cnc3c(N(Cc4ccccc4)C(=O)OC(C)(C)C)nc(Cl)nc32)[C@@H](F)[C@@H]1C)C(C)=O. The zero-order valence-electron chi connectivity index (χ0n) is 77.2. The van der Waals surface area contributed by atoms with Gasteiger partial charge in [-0.2, -0.15) is 29.9 Å². The number of ether oxygens (including phenoxy) is 11. The van der Waals surface area contributed by atoms with Gasteiger partial charge in [0.2, 0.25) is 33.2 Å². The number of aromatic nitrogens is 12. The second kappa shape index (κ2) is 45.2. The Morgan fingerprint density at radius 2 is 0.809 bits per heavy atom. The lowest BCUT2D eigenvalue weighted by Gasteiger charge is -2.31. The van der Waals surface area contributed by atoms with Gasteiger partial charge in [0, 0.05) is 31.2 Å². The standard InChI is InChI=1S/C36H41ClFN5O7.C30H31ClFN5O6.C29H35ClFN5O7/c1-7-47-32(45)36(23(3)44,18-24-14-10-8-11-15-24)48-20-26-22(2)27(38)31(49-26)43-21-39-28-29(40-33(37)41-30(28)43)42(34(46)50-35(4,5)6)19-25-16-12-9-13-17-25;1-3-41-28(40)30(18(2)38,14-19-10-6-4-7-11-19)42-16-21-24(39)22(32)27(43-21)37-17-34-23-25(35-29(31)36-26(23)37)33-15-20-12-8-5-9-13-20;1-7-40-26(38)22(17(3)37)41-14-19-16(2)20(31)25(42-19)36-15-32-21-23(33-27(30)34-24(21)36)35(28(39)43-29(4,5)6)13-18-11-9-8-10-12-18/h8-17,21-22,26-27,31H,7,18-20H2,1-6H3;4-13,17,21-22,24,27,39H,3,14-16H2,1-2H3,(H,33,35,36);8-12,15-16,19-20,22,25H,7,13-14H2,1-6H3/t22-,26-,27+,31-,36?;21-,22+,24-,27-,30?;16-,19-,20+,22?,25-/m111/s1. The van der Waals surface area contributed by atoms with Gasteiger partial charge < -0.3 is 62.5 Å². The van der Waals surface area contributed by atoms with Crippen molar-refractivity contribution in [2.45, 2.75) is 220 Å². The molecule has 3 saturated heterocycles. The summed E-state index contributed by atoms with van der Waals surface area (Å²) in [5.41, 5.74) is -0.593. The molecule has 41 heteroatoms. The van der Waals surface area contributed by atoms with Crippen molar-refractivity contribution in [1.29, 1.82) is 0 Å². The van der Waals surface area contributed by atoms with Gasteiger partial charge in [0.25, 0.3) is 0 Å². The minimum Gasteiger partial charge on any atom is -0.464 e. The third-order valence-corrected chi connectivity index (χ3v) is 22.8. The zero-order chi connectivity index (χ0) is 98.3. The molecule has 724 valence electrons. The molecule has 6 aromatic heterocycles. The van der Waals surface area contributed by atoms with E-state index in [2.05, 4.69) is 50.2 Å². The average Bonchev–Trinajstić information content (AvgIpc) is 1.60. The number of nitrogens with zero attached hydrogens (tertiary/aromatic N) is 14. The summed E-state index contributed by atoms with van der Waals surface area (Å²) in [5, 5.41) is 13.5. The van der Waals surface area contributed by atoms with Gasteiger partial charge in [-0.1, -0.05) is 166 Å². The van der Waals surface area contributed by atoms with Gasteiger partial charge in [-0.3, -0.25) is 37.9 Å². The summed E-state index contributed by atoms with van der Waals surface area (Å²) in [6.07, 6.45) is -12.5. The number of esters is 3. The number of hydrogen-bond donors (Lipinski definition) is 2. The van der Waals surface area contributed by atoms with E-state index >= 15 is 13.2 Å². The van der Waals surface area contributed by atoms with Crippen LogP contribution in [0.4, 0.5) is 40.2 Å². The van der Waals surface area contributed by atoms with Crippen LogP contribution in [0.2, 0.25) is 15.9 Å². The third kappa shape index (κ3) is 24.5. The molecule has 15 atom stereocenters. The number of halogens is 6. The molecule has 0 radical (unpaired) electrons. The maximum absolute atomic E-state index is 16.1. The molecule has 5 aromatic carbocycles. The summed E-state index contributed by atoms with van der Waals surface area (Å²) >= 11 is 19.0. The Labute approximate surface area is 796 Å². The number of rotatable bonds is 34. The molecule has 3 fully saturated rings. The third-order valence-electron chi connectivity index (χ3n) is 22.2. The molecule has 35 nitrogen and oxygen atoms in total. The van der Waals surface area contributed by atoms with Gasteiger partial charge >= 0.3 is 30.1 Å². The van der Waals surface area contributed by atoms with Gasteiger partial charge in [-0.15, -0.1) is 0 Å². The van der Waals surface area contributed by atoms with Crippen molar-refractivity contribution in [3.05, 3.63) is 214 Å². The van der Waals surface area contributed by atoms with E-state index in [-0.39, 0.29) is 114 Å². The van der Waals surface area contributed by atoms with E-state index in [1.54, 1.807) is 131 Å². The summed E-state index contributed by atoms with van der Waals surface area (Å²) in [6, 6.07) is 45.8. The molecule has 3 aliphatic heterocycles. The molecule has 9 heterocycles. The number of anilines is 3. The van der Waals surface area contributed by atoms with Crippen LogP contribution in [0, 0.1) is 11.8 Å². The Kier molecular flexibility index (Phi) is 34.2. The fourth-order valence-electron chi connectivity index (χ4n) is 15.2. The molecule has 2 amide bonds. The molecule has 0 aliphatic carbocycles. The summed E-state index contributed by atoms with van der Waals surface area (Å²) in [4.78, 5) is 145. The lowest BCUT2D eigenvalue weighted by Crippen LogP contribution is -2.52. The van der Waals surface area contributed by atoms with Crippen LogP contribution < -0.4 is 15.1 Å². The number of imidazole rings is 3. The fraction of sp³-hybridized carbons (Fsp3) is 0.442. The first-order valence-electron chi connectivity index (χ1n) is 43.9. The Morgan fingerprint density at radius 1 is 0.463 bits per heavy atom. The number of alkyl halides is 3. The molecular formula is C95H107Cl3F3N15O20. The highest BCUT2D eigenvalue weighted by atomic mass is 35.5. The van der Waals surface area contributed by atoms with Crippen molar-refractivity contribution in [3.63, 3.8) is 0 Å². The maximum atomic E-state index is 16.1. The molecule has 3 unspecified atom stereocenters. The smallest absolute Gasteiger partial charge is 0.416 e. The second-order valence-electron chi connectivity index (χ2n) is 34.4. The predicted molar refractivity (Wildman–Crippen MR) is 493 cm³/mol. The van der Waals surface area contributed by atoms with Crippen LogP contribution in [0.1, 0.15) is 143 Å². The number of ketones is 3. The van der Waals surface area contributed by atoms with E-state index in [9.17, 15) is 43.5 Å². The number of amides is 2. The van der Waals surface area contributed by atoms with Crippen molar-refractivity contribution in [2.75, 3.05) is 54.8 Å². The lowest BCUT2D eigenvalue weighted by atomic mass is 9.90. The number of aliphatic hydroxyl groups is 1. The largest absolute Gasteiger partial charge is 0.464 e. The molecule has 14 rings (SSSR count). The van der Waals surface area contributed by atoms with Crippen LogP contribution in [0.5, 0.6) is 0 Å². The van der Waals surface area contributed by atoms with Gasteiger partial charge in [-0.05, 0) is 146 Å². The topological polar surface area (TPSA) is 408 Å². The van der Waals surface area contributed by atoms with Crippen LogP contribution >= 0.6 is 34.8 Å². The molecule has 0 spiro atoms. The van der Waals surface area contributed by atoms with E-state index in [0.717, 1.165) is 16.7 Å². The second-order valence-corrected chi connectivity index (χ2v) is 35.4. The fourth-order valence-corrected chi connectivity index (χ4v) is 15.7. The molecule has 0 saturated carbocycles. The van der Waals surface area contributed by atoms with Gasteiger partial charge in [0.05, 0.1) is 83.9 Å². The quantitative estimate of drug-likeness (QED) is 0.0164. The molecule has 2 N–H and O–H groups in total. The minimum absolute atomic E-state index is 0.0174. The molecule has 136 heavy (non-hydrogen) atoms. The summed E-state index contributed by atoms with van der Waals surface area (Å²) in [5.74, 6) is -5.17. The summed E-state index contributed by atoms with van der Waals surface area (Å²) in [6.45, 7) is 22.0. The Hall–Kier alpha value is -12.1. The normalized spacial score (nSPS) is 20.9.